The Balaban J connectivity index is 2.23. The maximum atomic E-state index is 5.55. The van der Waals surface area contributed by atoms with E-state index >= 15 is 0 Å². The SMILES string of the molecule is CC(C)COCn1cc[n+](COCC(C)C)c1. The lowest BCUT2D eigenvalue weighted by Gasteiger charge is -2.04. The van der Waals surface area contributed by atoms with Gasteiger partial charge in [0.25, 0.3) is 0 Å². The Morgan fingerprint density at radius 2 is 1.71 bits per heavy atom. The highest BCUT2D eigenvalue weighted by Gasteiger charge is 2.04. The summed E-state index contributed by atoms with van der Waals surface area (Å²) in [7, 11) is 0. The number of imidazole rings is 1. The molecule has 0 amide bonds. The first-order valence-corrected chi connectivity index (χ1v) is 6.28. The van der Waals surface area contributed by atoms with Gasteiger partial charge in [-0.25, -0.2) is 9.13 Å². The molecule has 1 heterocycles. The first kappa shape index (κ1) is 14.2. The van der Waals surface area contributed by atoms with E-state index < -0.39 is 0 Å². The lowest BCUT2D eigenvalue weighted by molar-refractivity contribution is -0.732. The summed E-state index contributed by atoms with van der Waals surface area (Å²) in [5.74, 6) is 1.15. The van der Waals surface area contributed by atoms with Gasteiger partial charge in [-0.15, -0.1) is 0 Å². The molecule has 1 aromatic heterocycles. The zero-order valence-electron chi connectivity index (χ0n) is 11.4. The lowest BCUT2D eigenvalue weighted by Crippen LogP contribution is -2.33. The molecular formula is C13H25N2O2+. The van der Waals surface area contributed by atoms with E-state index in [-0.39, 0.29) is 0 Å². The van der Waals surface area contributed by atoms with Crippen LogP contribution in [0.5, 0.6) is 0 Å². The first-order chi connectivity index (χ1) is 8.08. The Morgan fingerprint density at radius 3 is 2.35 bits per heavy atom. The molecule has 0 fully saturated rings. The maximum Gasteiger partial charge on any atom is 0.247 e. The van der Waals surface area contributed by atoms with Crippen LogP contribution in [-0.4, -0.2) is 17.8 Å². The molecule has 0 aromatic carbocycles. The highest BCUT2D eigenvalue weighted by molar-refractivity contribution is 4.63. The average Bonchev–Trinajstić information content (AvgIpc) is 2.65. The second kappa shape index (κ2) is 7.45. The smallest absolute Gasteiger partial charge is 0.247 e. The van der Waals surface area contributed by atoms with Crippen LogP contribution in [0, 0.1) is 11.8 Å². The van der Waals surface area contributed by atoms with Crippen molar-refractivity contribution in [1.29, 1.82) is 0 Å². The van der Waals surface area contributed by atoms with Crippen molar-refractivity contribution in [1.82, 2.24) is 4.57 Å². The minimum Gasteiger partial charge on any atom is -0.341 e. The van der Waals surface area contributed by atoms with Crippen molar-refractivity contribution >= 4 is 0 Å². The molecule has 0 saturated carbocycles. The van der Waals surface area contributed by atoms with Crippen molar-refractivity contribution < 1.29 is 14.0 Å². The van der Waals surface area contributed by atoms with Crippen molar-refractivity contribution in [3.8, 4) is 0 Å². The van der Waals surface area contributed by atoms with Crippen LogP contribution in [0.1, 0.15) is 27.7 Å². The Labute approximate surface area is 104 Å². The number of aromatic nitrogens is 2. The predicted molar refractivity (Wildman–Crippen MR) is 66.2 cm³/mol. The Morgan fingerprint density at radius 1 is 1.06 bits per heavy atom. The summed E-state index contributed by atoms with van der Waals surface area (Å²) in [6, 6.07) is 0. The van der Waals surface area contributed by atoms with Crippen LogP contribution in [0.25, 0.3) is 0 Å². The third kappa shape index (κ3) is 6.44. The summed E-state index contributed by atoms with van der Waals surface area (Å²) in [6.07, 6.45) is 6.00. The van der Waals surface area contributed by atoms with Crippen LogP contribution in [0.3, 0.4) is 0 Å². The van der Waals surface area contributed by atoms with Gasteiger partial charge in [-0.3, -0.25) is 0 Å². The molecule has 0 radical (unpaired) electrons. The molecule has 0 aliphatic rings. The summed E-state index contributed by atoms with van der Waals surface area (Å²) in [4.78, 5) is 0. The molecule has 1 rings (SSSR count). The number of hydrogen-bond donors (Lipinski definition) is 0. The fourth-order valence-electron chi connectivity index (χ4n) is 1.38. The number of ether oxygens (including phenoxy) is 2. The van der Waals surface area contributed by atoms with Gasteiger partial charge in [0.05, 0.1) is 13.2 Å². The molecule has 0 bridgehead atoms. The third-order valence-corrected chi connectivity index (χ3v) is 2.13. The molecule has 17 heavy (non-hydrogen) atoms. The average molecular weight is 241 g/mol. The van der Waals surface area contributed by atoms with Crippen LogP contribution >= 0.6 is 0 Å². The predicted octanol–water partition coefficient (Wildman–Crippen LogP) is 2.04. The maximum absolute atomic E-state index is 5.55. The zero-order valence-corrected chi connectivity index (χ0v) is 11.4. The fraction of sp³-hybridized carbons (Fsp3) is 0.769. The monoisotopic (exact) mass is 241 g/mol. The van der Waals surface area contributed by atoms with Gasteiger partial charge in [-0.05, 0) is 11.8 Å². The first-order valence-electron chi connectivity index (χ1n) is 6.28. The molecule has 98 valence electrons. The van der Waals surface area contributed by atoms with Gasteiger partial charge in [0.15, 0.2) is 13.5 Å². The minimum atomic E-state index is 0.576. The number of rotatable bonds is 8. The second-order valence-corrected chi connectivity index (χ2v) is 5.23. The zero-order chi connectivity index (χ0) is 12.7. The molecule has 4 nitrogen and oxygen atoms in total. The Kier molecular flexibility index (Phi) is 6.22. The Bertz CT molecular complexity index is 280. The van der Waals surface area contributed by atoms with E-state index in [0.29, 0.717) is 25.3 Å². The van der Waals surface area contributed by atoms with Gasteiger partial charge in [-0.1, -0.05) is 27.7 Å². The normalized spacial score (nSPS) is 11.6. The standard InChI is InChI=1S/C13H25N2O2/c1-12(2)7-16-10-14-5-6-15(9-14)11-17-8-13(3)4/h5-6,9,12-13H,7-8,10-11H2,1-4H3/q+1. The number of nitrogens with zero attached hydrogens (tertiary/aromatic N) is 2. The topological polar surface area (TPSA) is 27.3 Å². The van der Waals surface area contributed by atoms with E-state index in [1.54, 1.807) is 0 Å². The largest absolute Gasteiger partial charge is 0.341 e. The fourth-order valence-corrected chi connectivity index (χ4v) is 1.38. The second-order valence-electron chi connectivity index (χ2n) is 5.23. The van der Waals surface area contributed by atoms with E-state index in [9.17, 15) is 0 Å². The van der Waals surface area contributed by atoms with Gasteiger partial charge in [0, 0.05) is 0 Å². The summed E-state index contributed by atoms with van der Waals surface area (Å²) in [5, 5.41) is 0. The van der Waals surface area contributed by atoms with E-state index in [0.717, 1.165) is 13.2 Å². The van der Waals surface area contributed by atoms with E-state index in [1.807, 2.05) is 27.9 Å². The lowest BCUT2D eigenvalue weighted by atomic mass is 10.2. The molecule has 0 unspecified atom stereocenters. The van der Waals surface area contributed by atoms with E-state index in [4.69, 9.17) is 9.47 Å². The Hall–Kier alpha value is -0.870. The number of hydrogen-bond acceptors (Lipinski definition) is 2. The molecule has 0 atom stereocenters. The van der Waals surface area contributed by atoms with Gasteiger partial charge in [-0.2, -0.15) is 0 Å². The highest BCUT2D eigenvalue weighted by atomic mass is 16.5. The summed E-state index contributed by atoms with van der Waals surface area (Å²) < 4.78 is 15.1. The van der Waals surface area contributed by atoms with Crippen LogP contribution in [0.2, 0.25) is 0 Å². The molecule has 0 aliphatic heterocycles. The molecular weight excluding hydrogens is 216 g/mol. The van der Waals surface area contributed by atoms with Crippen LogP contribution in [0.15, 0.2) is 18.7 Å². The van der Waals surface area contributed by atoms with E-state index in [2.05, 4.69) is 27.7 Å². The van der Waals surface area contributed by atoms with Crippen LogP contribution in [0.4, 0.5) is 0 Å². The summed E-state index contributed by atoms with van der Waals surface area (Å²) >= 11 is 0. The summed E-state index contributed by atoms with van der Waals surface area (Å²) in [5.41, 5.74) is 0. The molecule has 0 spiro atoms. The molecule has 4 heteroatoms. The third-order valence-electron chi connectivity index (χ3n) is 2.13. The van der Waals surface area contributed by atoms with E-state index in [1.165, 1.54) is 0 Å². The van der Waals surface area contributed by atoms with Gasteiger partial charge in [0.1, 0.15) is 12.4 Å². The minimum absolute atomic E-state index is 0.576. The molecule has 0 aliphatic carbocycles. The van der Waals surface area contributed by atoms with Crippen molar-refractivity contribution in [3.05, 3.63) is 18.7 Å². The van der Waals surface area contributed by atoms with Crippen LogP contribution in [-0.2, 0) is 22.9 Å². The quantitative estimate of drug-likeness (QED) is 0.651. The van der Waals surface area contributed by atoms with Crippen molar-refractivity contribution in [2.24, 2.45) is 11.8 Å². The molecule has 1 aromatic rings. The van der Waals surface area contributed by atoms with Crippen molar-refractivity contribution in [2.45, 2.75) is 41.2 Å². The highest BCUT2D eigenvalue weighted by Crippen LogP contribution is 1.95. The van der Waals surface area contributed by atoms with Gasteiger partial charge < -0.3 is 9.47 Å². The van der Waals surface area contributed by atoms with Crippen molar-refractivity contribution in [3.63, 3.8) is 0 Å². The van der Waals surface area contributed by atoms with Crippen molar-refractivity contribution in [2.75, 3.05) is 13.2 Å². The molecule has 0 saturated heterocycles. The van der Waals surface area contributed by atoms with Crippen LogP contribution < -0.4 is 4.57 Å². The van der Waals surface area contributed by atoms with Gasteiger partial charge in [0.2, 0.25) is 6.33 Å². The van der Waals surface area contributed by atoms with Gasteiger partial charge >= 0.3 is 0 Å². The summed E-state index contributed by atoms with van der Waals surface area (Å²) in [6.45, 7) is 11.4. The molecule has 0 N–H and O–H groups in total.